The molecule has 0 N–H and O–H groups in total. The monoisotopic (exact) mass is 302 g/mol. The third-order valence-corrected chi connectivity index (χ3v) is 3.42. The lowest BCUT2D eigenvalue weighted by molar-refractivity contribution is 0.0544. The highest BCUT2D eigenvalue weighted by molar-refractivity contribution is 5.89. The van der Waals surface area contributed by atoms with Crippen molar-refractivity contribution in [1.82, 2.24) is 9.47 Å². The number of carbonyl (C=O) groups excluding carboxylic acids is 1. The summed E-state index contributed by atoms with van der Waals surface area (Å²) in [5.41, 5.74) is 1.71. The van der Waals surface area contributed by atoms with Crippen LogP contribution in [0, 0.1) is 0 Å². The third-order valence-electron chi connectivity index (χ3n) is 3.42. The van der Waals surface area contributed by atoms with E-state index in [0.29, 0.717) is 0 Å². The Hall–Kier alpha value is -1.81. The molecule has 1 aromatic heterocycles. The molecule has 4 nitrogen and oxygen atoms in total. The molecule has 0 unspecified atom stereocenters. The zero-order valence-electron chi connectivity index (χ0n) is 14.2. The zero-order chi connectivity index (χ0) is 16.3. The van der Waals surface area contributed by atoms with Crippen LogP contribution in [0.2, 0.25) is 0 Å². The summed E-state index contributed by atoms with van der Waals surface area (Å²) in [6.45, 7) is 6.70. The summed E-state index contributed by atoms with van der Waals surface area (Å²) in [5.74, 6) is 0. The predicted octanol–water partition coefficient (Wildman–Crippen LogP) is 3.92. The molecule has 0 aliphatic carbocycles. The molecule has 0 saturated heterocycles. The summed E-state index contributed by atoms with van der Waals surface area (Å²) in [4.78, 5) is 14.4. The van der Waals surface area contributed by atoms with Gasteiger partial charge in [-0.2, -0.15) is 0 Å². The highest BCUT2D eigenvalue weighted by Crippen LogP contribution is 2.20. The van der Waals surface area contributed by atoms with Gasteiger partial charge in [-0.05, 0) is 78.0 Å². The lowest BCUT2D eigenvalue weighted by Crippen LogP contribution is -2.26. The topological polar surface area (TPSA) is 34.5 Å². The second-order valence-electron chi connectivity index (χ2n) is 6.97. The average Bonchev–Trinajstić information content (AvgIpc) is 2.79. The number of nitrogens with zero attached hydrogens (tertiary/aromatic N) is 2. The number of aryl methyl sites for hydroxylation is 1. The van der Waals surface area contributed by atoms with E-state index in [2.05, 4.69) is 31.1 Å². The quantitative estimate of drug-likeness (QED) is 0.858. The Morgan fingerprint density at radius 2 is 1.95 bits per heavy atom. The molecule has 2 rings (SSSR count). The van der Waals surface area contributed by atoms with E-state index in [-0.39, 0.29) is 6.09 Å². The number of benzene rings is 1. The summed E-state index contributed by atoms with van der Waals surface area (Å²) in [5, 5.41) is 1.08. The Balaban J connectivity index is 2.14. The van der Waals surface area contributed by atoms with Gasteiger partial charge in [-0.25, -0.2) is 4.79 Å². The van der Waals surface area contributed by atoms with Crippen LogP contribution in [-0.4, -0.2) is 41.8 Å². The fourth-order valence-electron chi connectivity index (χ4n) is 2.42. The van der Waals surface area contributed by atoms with Crippen molar-refractivity contribution < 1.29 is 9.53 Å². The van der Waals surface area contributed by atoms with Crippen LogP contribution in [0.5, 0.6) is 0 Å². The smallest absolute Gasteiger partial charge is 0.418 e. The van der Waals surface area contributed by atoms with Gasteiger partial charge in [-0.3, -0.25) is 4.57 Å². The molecule has 22 heavy (non-hydrogen) atoms. The highest BCUT2D eigenvalue weighted by atomic mass is 16.6. The number of carbonyl (C=O) groups is 1. The average molecular weight is 302 g/mol. The molecule has 1 heterocycles. The molecule has 0 radical (unpaired) electrons. The van der Waals surface area contributed by atoms with Crippen molar-refractivity contribution in [3.05, 3.63) is 36.0 Å². The molecule has 1 aromatic carbocycles. The van der Waals surface area contributed by atoms with Crippen molar-refractivity contribution in [2.24, 2.45) is 0 Å². The van der Waals surface area contributed by atoms with Crippen LogP contribution in [0.1, 0.15) is 32.8 Å². The van der Waals surface area contributed by atoms with Gasteiger partial charge in [0.25, 0.3) is 0 Å². The fourth-order valence-corrected chi connectivity index (χ4v) is 2.42. The number of hydrogen-bond acceptors (Lipinski definition) is 3. The zero-order valence-corrected chi connectivity index (χ0v) is 14.2. The molecular weight excluding hydrogens is 276 g/mol. The van der Waals surface area contributed by atoms with E-state index >= 15 is 0 Å². The van der Waals surface area contributed by atoms with Gasteiger partial charge in [-0.1, -0.05) is 6.07 Å². The first-order valence-electron chi connectivity index (χ1n) is 7.74. The molecule has 2 aromatic rings. The van der Waals surface area contributed by atoms with E-state index in [1.165, 1.54) is 5.56 Å². The van der Waals surface area contributed by atoms with E-state index in [9.17, 15) is 4.79 Å². The maximum atomic E-state index is 12.2. The number of fused-ring (bicyclic) bond motifs is 1. The minimum Gasteiger partial charge on any atom is -0.443 e. The van der Waals surface area contributed by atoms with Crippen molar-refractivity contribution in [2.75, 3.05) is 20.6 Å². The first-order valence-corrected chi connectivity index (χ1v) is 7.74. The number of hydrogen-bond donors (Lipinski definition) is 0. The fraction of sp³-hybridized carbons (Fsp3) is 0.500. The summed E-state index contributed by atoms with van der Waals surface area (Å²) >= 11 is 0. The van der Waals surface area contributed by atoms with Crippen LogP contribution in [0.25, 0.3) is 10.9 Å². The third kappa shape index (κ3) is 4.34. The molecule has 0 spiro atoms. The molecule has 0 amide bonds. The molecule has 0 saturated carbocycles. The van der Waals surface area contributed by atoms with Crippen molar-refractivity contribution in [1.29, 1.82) is 0 Å². The van der Waals surface area contributed by atoms with E-state index in [1.54, 1.807) is 10.8 Å². The van der Waals surface area contributed by atoms with Crippen molar-refractivity contribution >= 4 is 17.0 Å². The van der Waals surface area contributed by atoms with E-state index < -0.39 is 5.60 Å². The molecule has 0 bridgehead atoms. The van der Waals surface area contributed by atoms with Gasteiger partial charge in [0.15, 0.2) is 0 Å². The van der Waals surface area contributed by atoms with Gasteiger partial charge in [0.2, 0.25) is 0 Å². The molecule has 0 aliphatic heterocycles. The minimum atomic E-state index is -0.486. The van der Waals surface area contributed by atoms with Crippen molar-refractivity contribution in [3.63, 3.8) is 0 Å². The van der Waals surface area contributed by atoms with Gasteiger partial charge >= 0.3 is 6.09 Å². The van der Waals surface area contributed by atoms with E-state index in [4.69, 9.17) is 4.74 Å². The first-order chi connectivity index (χ1) is 10.3. The lowest BCUT2D eigenvalue weighted by Gasteiger charge is -2.19. The SMILES string of the molecule is CN(C)CCCc1ccc2c(ccn2C(=O)OC(C)(C)C)c1. The summed E-state index contributed by atoms with van der Waals surface area (Å²) in [6.07, 6.45) is 3.63. The minimum absolute atomic E-state index is 0.331. The molecule has 4 heteroatoms. The molecule has 0 fully saturated rings. The Morgan fingerprint density at radius 1 is 1.23 bits per heavy atom. The van der Waals surface area contributed by atoms with Gasteiger partial charge in [0.05, 0.1) is 5.52 Å². The molecular formula is C18H26N2O2. The number of aromatic nitrogens is 1. The maximum Gasteiger partial charge on any atom is 0.418 e. The molecule has 120 valence electrons. The van der Waals surface area contributed by atoms with Gasteiger partial charge in [0, 0.05) is 11.6 Å². The Kier molecular flexibility index (Phi) is 4.91. The van der Waals surface area contributed by atoms with Crippen molar-refractivity contribution in [3.8, 4) is 0 Å². The number of ether oxygens (including phenoxy) is 1. The largest absolute Gasteiger partial charge is 0.443 e. The molecule has 0 aliphatic rings. The van der Waals surface area contributed by atoms with Gasteiger partial charge < -0.3 is 9.64 Å². The Bertz CT molecular complexity index is 651. The molecule has 0 atom stereocenters. The first kappa shape index (κ1) is 16.6. The lowest BCUT2D eigenvalue weighted by atomic mass is 10.1. The standard InChI is InChI=1S/C18H26N2O2/c1-18(2,3)22-17(21)20-12-10-15-13-14(8-9-16(15)20)7-6-11-19(4)5/h8-10,12-13H,6-7,11H2,1-5H3. The maximum absolute atomic E-state index is 12.2. The summed E-state index contributed by atoms with van der Waals surface area (Å²) < 4.78 is 7.00. The van der Waals surface area contributed by atoms with Crippen LogP contribution in [-0.2, 0) is 11.2 Å². The van der Waals surface area contributed by atoms with Gasteiger partial charge in [0.1, 0.15) is 5.60 Å². The van der Waals surface area contributed by atoms with Crippen LogP contribution >= 0.6 is 0 Å². The summed E-state index contributed by atoms with van der Waals surface area (Å²) in [7, 11) is 4.17. The van der Waals surface area contributed by atoms with Crippen LogP contribution in [0.15, 0.2) is 30.5 Å². The van der Waals surface area contributed by atoms with Crippen LogP contribution in [0.3, 0.4) is 0 Å². The summed E-state index contributed by atoms with van der Waals surface area (Å²) in [6, 6.07) is 8.23. The predicted molar refractivity (Wildman–Crippen MR) is 90.4 cm³/mol. The highest BCUT2D eigenvalue weighted by Gasteiger charge is 2.18. The van der Waals surface area contributed by atoms with E-state index in [1.807, 2.05) is 32.9 Å². The van der Waals surface area contributed by atoms with Gasteiger partial charge in [-0.15, -0.1) is 0 Å². The Labute approximate surface area is 132 Å². The van der Waals surface area contributed by atoms with E-state index in [0.717, 1.165) is 30.3 Å². The second kappa shape index (κ2) is 6.53. The second-order valence-corrected chi connectivity index (χ2v) is 6.97. The van der Waals surface area contributed by atoms with Crippen LogP contribution in [0.4, 0.5) is 4.79 Å². The normalized spacial score (nSPS) is 12.1. The van der Waals surface area contributed by atoms with Crippen molar-refractivity contribution in [2.45, 2.75) is 39.2 Å². The number of rotatable bonds is 4. The van der Waals surface area contributed by atoms with Crippen LogP contribution < -0.4 is 0 Å². The Morgan fingerprint density at radius 3 is 2.59 bits per heavy atom.